The molecule has 0 aliphatic carbocycles. The Morgan fingerprint density at radius 2 is 1.72 bits per heavy atom. The molecular weight excluding hydrogens is 422 g/mol. The molecular formula is C26H22ClN3O2. The molecule has 5 nitrogen and oxygen atoms in total. The van der Waals surface area contributed by atoms with Crippen LogP contribution in [0, 0.1) is 0 Å². The highest BCUT2D eigenvalue weighted by molar-refractivity contribution is 6.30. The van der Waals surface area contributed by atoms with Gasteiger partial charge in [-0.05, 0) is 41.8 Å². The molecule has 1 atom stereocenters. The number of aromatic nitrogens is 1. The zero-order valence-corrected chi connectivity index (χ0v) is 18.1. The lowest BCUT2D eigenvalue weighted by Gasteiger charge is -2.25. The van der Waals surface area contributed by atoms with E-state index in [0.29, 0.717) is 23.6 Å². The second-order valence-corrected chi connectivity index (χ2v) is 8.38. The predicted molar refractivity (Wildman–Crippen MR) is 126 cm³/mol. The summed E-state index contributed by atoms with van der Waals surface area (Å²) < 4.78 is 0. The van der Waals surface area contributed by atoms with Crippen LogP contribution < -0.4 is 5.32 Å². The molecule has 0 bridgehead atoms. The van der Waals surface area contributed by atoms with Gasteiger partial charge in [0.05, 0.1) is 6.04 Å². The lowest BCUT2D eigenvalue weighted by molar-refractivity contribution is -0.122. The topological polar surface area (TPSA) is 65.2 Å². The van der Waals surface area contributed by atoms with Crippen molar-refractivity contribution in [3.63, 3.8) is 0 Å². The molecule has 0 saturated heterocycles. The highest BCUT2D eigenvalue weighted by Gasteiger charge is 2.39. The summed E-state index contributed by atoms with van der Waals surface area (Å²) in [6.07, 6.45) is 2.64. The number of nitrogens with zero attached hydrogens (tertiary/aromatic N) is 1. The van der Waals surface area contributed by atoms with Gasteiger partial charge in [0, 0.05) is 39.8 Å². The molecule has 2 N–H and O–H groups in total. The number of aromatic amines is 1. The fraction of sp³-hybridized carbons (Fsp3) is 0.154. The summed E-state index contributed by atoms with van der Waals surface area (Å²) >= 11 is 5.93. The lowest BCUT2D eigenvalue weighted by Crippen LogP contribution is -2.40. The van der Waals surface area contributed by atoms with Crippen LogP contribution in [0.5, 0.6) is 0 Å². The van der Waals surface area contributed by atoms with Crippen molar-refractivity contribution in [3.8, 4) is 0 Å². The smallest absolute Gasteiger partial charge is 0.255 e. The highest BCUT2D eigenvalue weighted by Crippen LogP contribution is 2.40. The third-order valence-electron chi connectivity index (χ3n) is 5.94. The SMILES string of the molecule is O=C(CN1C(=O)c2ccccc2[C@H]1c1c[nH]c2ccccc12)NCCc1ccc(Cl)cc1. The van der Waals surface area contributed by atoms with E-state index < -0.39 is 0 Å². The molecule has 5 rings (SSSR count). The standard InChI is InChI=1S/C26H22ClN3O2/c27-18-11-9-17(10-12-18)13-14-28-24(31)16-30-25(20-6-1-2-7-21(20)26(30)32)22-15-29-23-8-4-3-5-19(22)23/h1-12,15,25,29H,13-14,16H2,(H,28,31)/t25-/m0/s1. The first kappa shape index (κ1) is 20.3. The van der Waals surface area contributed by atoms with Crippen LogP contribution in [0.4, 0.5) is 0 Å². The van der Waals surface area contributed by atoms with Gasteiger partial charge >= 0.3 is 0 Å². The second kappa shape index (κ2) is 8.52. The zero-order chi connectivity index (χ0) is 22.1. The number of carbonyl (C=O) groups is 2. The van der Waals surface area contributed by atoms with Gasteiger partial charge in [-0.25, -0.2) is 0 Å². The van der Waals surface area contributed by atoms with Crippen LogP contribution in [0.25, 0.3) is 10.9 Å². The molecule has 1 aliphatic rings. The maximum atomic E-state index is 13.2. The summed E-state index contributed by atoms with van der Waals surface area (Å²) in [6, 6.07) is 22.9. The molecule has 0 spiro atoms. The fourth-order valence-electron chi connectivity index (χ4n) is 4.40. The zero-order valence-electron chi connectivity index (χ0n) is 17.3. The molecule has 0 fully saturated rings. The molecule has 3 aromatic carbocycles. The molecule has 160 valence electrons. The summed E-state index contributed by atoms with van der Waals surface area (Å²) in [4.78, 5) is 31.0. The number of fused-ring (bicyclic) bond motifs is 2. The summed E-state index contributed by atoms with van der Waals surface area (Å²) in [6.45, 7) is 0.492. The first-order valence-electron chi connectivity index (χ1n) is 10.6. The molecule has 2 amide bonds. The van der Waals surface area contributed by atoms with Crippen LogP contribution in [0.1, 0.15) is 33.1 Å². The van der Waals surface area contributed by atoms with E-state index in [-0.39, 0.29) is 24.4 Å². The molecule has 32 heavy (non-hydrogen) atoms. The van der Waals surface area contributed by atoms with E-state index in [4.69, 9.17) is 11.6 Å². The van der Waals surface area contributed by atoms with E-state index in [1.807, 2.05) is 79.0 Å². The van der Waals surface area contributed by atoms with E-state index in [0.717, 1.165) is 27.6 Å². The number of hydrogen-bond donors (Lipinski definition) is 2. The monoisotopic (exact) mass is 443 g/mol. The largest absolute Gasteiger partial charge is 0.361 e. The van der Waals surface area contributed by atoms with Gasteiger partial charge in [-0.15, -0.1) is 0 Å². The maximum absolute atomic E-state index is 13.2. The van der Waals surface area contributed by atoms with Crippen LogP contribution in [-0.2, 0) is 11.2 Å². The Balaban J connectivity index is 1.36. The van der Waals surface area contributed by atoms with Crippen molar-refractivity contribution < 1.29 is 9.59 Å². The van der Waals surface area contributed by atoms with Crippen LogP contribution in [0.2, 0.25) is 5.02 Å². The summed E-state index contributed by atoms with van der Waals surface area (Å²) in [5, 5.41) is 4.69. The Labute approximate surface area is 191 Å². The molecule has 0 unspecified atom stereocenters. The lowest BCUT2D eigenvalue weighted by atomic mass is 9.97. The van der Waals surface area contributed by atoms with Crippen LogP contribution in [0.15, 0.2) is 79.0 Å². The van der Waals surface area contributed by atoms with Gasteiger partial charge in [-0.2, -0.15) is 0 Å². The van der Waals surface area contributed by atoms with Gasteiger partial charge in [0.2, 0.25) is 5.91 Å². The Hall–Kier alpha value is -3.57. The van der Waals surface area contributed by atoms with Gasteiger partial charge in [0.25, 0.3) is 5.91 Å². The van der Waals surface area contributed by atoms with E-state index in [2.05, 4.69) is 10.3 Å². The van der Waals surface area contributed by atoms with Crippen molar-refractivity contribution in [2.24, 2.45) is 0 Å². The third-order valence-corrected chi connectivity index (χ3v) is 6.19. The molecule has 0 radical (unpaired) electrons. The van der Waals surface area contributed by atoms with Gasteiger partial charge in [0.1, 0.15) is 6.54 Å². The van der Waals surface area contributed by atoms with Crippen molar-refractivity contribution in [2.45, 2.75) is 12.5 Å². The maximum Gasteiger partial charge on any atom is 0.255 e. The first-order chi connectivity index (χ1) is 15.6. The third kappa shape index (κ3) is 3.76. The highest BCUT2D eigenvalue weighted by atomic mass is 35.5. The Kier molecular flexibility index (Phi) is 5.41. The van der Waals surface area contributed by atoms with Gasteiger partial charge in [-0.1, -0.05) is 60.1 Å². The average Bonchev–Trinajstić information content (AvgIpc) is 3.34. The van der Waals surface area contributed by atoms with Crippen molar-refractivity contribution in [1.29, 1.82) is 0 Å². The minimum atomic E-state index is -0.308. The van der Waals surface area contributed by atoms with Crippen LogP contribution >= 0.6 is 11.6 Å². The number of H-pyrrole nitrogens is 1. The summed E-state index contributed by atoms with van der Waals surface area (Å²) in [7, 11) is 0. The number of para-hydroxylation sites is 1. The minimum absolute atomic E-state index is 0.00168. The van der Waals surface area contributed by atoms with Gasteiger partial charge in [-0.3, -0.25) is 9.59 Å². The average molecular weight is 444 g/mol. The van der Waals surface area contributed by atoms with E-state index in [1.54, 1.807) is 4.90 Å². The molecule has 4 aromatic rings. The molecule has 6 heteroatoms. The minimum Gasteiger partial charge on any atom is -0.361 e. The fourth-order valence-corrected chi connectivity index (χ4v) is 4.52. The number of amides is 2. The summed E-state index contributed by atoms with van der Waals surface area (Å²) in [5.41, 5.74) is 4.67. The van der Waals surface area contributed by atoms with E-state index in [1.165, 1.54) is 0 Å². The second-order valence-electron chi connectivity index (χ2n) is 7.94. The van der Waals surface area contributed by atoms with Crippen LogP contribution in [0.3, 0.4) is 0 Å². The van der Waals surface area contributed by atoms with E-state index >= 15 is 0 Å². The first-order valence-corrected chi connectivity index (χ1v) is 11.0. The van der Waals surface area contributed by atoms with Gasteiger partial charge in [0.15, 0.2) is 0 Å². The number of hydrogen-bond acceptors (Lipinski definition) is 2. The molecule has 2 heterocycles. The van der Waals surface area contributed by atoms with Crippen molar-refractivity contribution >= 4 is 34.3 Å². The number of nitrogens with one attached hydrogen (secondary N) is 2. The van der Waals surface area contributed by atoms with Crippen molar-refractivity contribution in [2.75, 3.05) is 13.1 Å². The molecule has 1 aromatic heterocycles. The summed E-state index contributed by atoms with van der Waals surface area (Å²) in [5.74, 6) is -0.298. The number of carbonyl (C=O) groups excluding carboxylic acids is 2. The van der Waals surface area contributed by atoms with Gasteiger partial charge < -0.3 is 15.2 Å². The normalized spacial score (nSPS) is 15.2. The predicted octanol–water partition coefficient (Wildman–Crippen LogP) is 4.73. The van der Waals surface area contributed by atoms with E-state index in [9.17, 15) is 9.59 Å². The number of halogens is 1. The molecule has 0 saturated carbocycles. The Morgan fingerprint density at radius 1 is 0.969 bits per heavy atom. The molecule has 1 aliphatic heterocycles. The number of rotatable bonds is 6. The van der Waals surface area contributed by atoms with Crippen molar-refractivity contribution in [3.05, 3.63) is 106 Å². The Bertz CT molecular complexity index is 1300. The Morgan fingerprint density at radius 3 is 2.56 bits per heavy atom. The quantitative estimate of drug-likeness (QED) is 0.452. The number of benzene rings is 3. The van der Waals surface area contributed by atoms with Crippen LogP contribution in [-0.4, -0.2) is 34.8 Å². The van der Waals surface area contributed by atoms with Crippen molar-refractivity contribution in [1.82, 2.24) is 15.2 Å².